The zero-order valence-electron chi connectivity index (χ0n) is 14.4. The van der Waals surface area contributed by atoms with Crippen molar-refractivity contribution in [2.24, 2.45) is 5.11 Å². The number of rotatable bonds is 7. The highest BCUT2D eigenvalue weighted by Gasteiger charge is 2.38. The van der Waals surface area contributed by atoms with E-state index in [-0.39, 0.29) is 13.0 Å². The molecule has 1 aromatic heterocycles. The van der Waals surface area contributed by atoms with Crippen LogP contribution in [0.25, 0.3) is 10.4 Å². The number of hydrogen-bond acceptors (Lipinski definition) is 7. The SMILES string of the molecule is Cc1cn(C2C[C@@H](N=[N+]=[N-])C(COP(=O)(O)OC(C)C)O2)c(=O)[nH]c1=O. The van der Waals surface area contributed by atoms with Crippen LogP contribution in [-0.4, -0.2) is 39.3 Å². The van der Waals surface area contributed by atoms with Gasteiger partial charge in [0.1, 0.15) is 6.23 Å². The van der Waals surface area contributed by atoms with Crippen LogP contribution in [0.1, 0.15) is 32.1 Å². The maximum absolute atomic E-state index is 12.0. The van der Waals surface area contributed by atoms with Crippen molar-refractivity contribution in [1.29, 1.82) is 0 Å². The Balaban J connectivity index is 2.17. The third-order valence-electron chi connectivity index (χ3n) is 3.61. The van der Waals surface area contributed by atoms with E-state index in [2.05, 4.69) is 15.0 Å². The maximum atomic E-state index is 12.0. The number of ether oxygens (including phenoxy) is 1. The molecule has 0 aliphatic carbocycles. The van der Waals surface area contributed by atoms with E-state index in [1.807, 2.05) is 0 Å². The average molecular weight is 389 g/mol. The minimum Gasteiger partial charge on any atom is -0.352 e. The summed E-state index contributed by atoms with van der Waals surface area (Å²) in [6.07, 6.45) is -0.762. The van der Waals surface area contributed by atoms with Gasteiger partial charge in [-0.05, 0) is 26.3 Å². The monoisotopic (exact) mass is 389 g/mol. The van der Waals surface area contributed by atoms with Crippen molar-refractivity contribution in [3.8, 4) is 0 Å². The molecule has 1 aliphatic rings. The molecule has 0 aromatic carbocycles. The van der Waals surface area contributed by atoms with Gasteiger partial charge in [0.25, 0.3) is 5.56 Å². The first-order chi connectivity index (χ1) is 12.1. The summed E-state index contributed by atoms with van der Waals surface area (Å²) < 4.78 is 28.3. The number of nitrogens with one attached hydrogen (secondary N) is 1. The summed E-state index contributed by atoms with van der Waals surface area (Å²) in [6.45, 7) is 4.29. The highest BCUT2D eigenvalue weighted by molar-refractivity contribution is 7.47. The van der Waals surface area contributed by atoms with Gasteiger partial charge in [-0.2, -0.15) is 0 Å². The zero-order chi connectivity index (χ0) is 19.5. The molecule has 0 bridgehead atoms. The van der Waals surface area contributed by atoms with Crippen molar-refractivity contribution in [1.82, 2.24) is 9.55 Å². The minimum atomic E-state index is -4.29. The van der Waals surface area contributed by atoms with Crippen LogP contribution in [0.15, 0.2) is 20.9 Å². The van der Waals surface area contributed by atoms with Gasteiger partial charge < -0.3 is 9.63 Å². The number of aromatic amines is 1. The van der Waals surface area contributed by atoms with Crippen molar-refractivity contribution in [2.75, 3.05) is 6.61 Å². The van der Waals surface area contributed by atoms with E-state index < -0.39 is 43.5 Å². The molecule has 2 N–H and O–H groups in total. The number of phosphoric ester groups is 1. The Morgan fingerprint density at radius 2 is 2.27 bits per heavy atom. The summed E-state index contributed by atoms with van der Waals surface area (Å²) >= 11 is 0. The predicted octanol–water partition coefficient (Wildman–Crippen LogP) is 1.35. The molecule has 3 unspecified atom stereocenters. The van der Waals surface area contributed by atoms with Gasteiger partial charge in [0.05, 0.1) is 24.9 Å². The molecule has 0 radical (unpaired) electrons. The number of phosphoric acid groups is 1. The maximum Gasteiger partial charge on any atom is 0.472 e. The first-order valence-electron chi connectivity index (χ1n) is 7.80. The second kappa shape index (κ2) is 8.17. The molecule has 2 rings (SSSR count). The summed E-state index contributed by atoms with van der Waals surface area (Å²) in [5.74, 6) is 0. The molecule has 1 aromatic rings. The standard InChI is InChI=1S/C13H20N5O7P/c1-7(2)25-26(21,22)23-6-10-9(16-17-14)4-11(24-10)18-5-8(3)12(19)15-13(18)20/h5,7,9-11H,4,6H2,1-3H3,(H,21,22)(H,15,19,20)/t9-,10?,11?/m1/s1. The van der Waals surface area contributed by atoms with E-state index >= 15 is 0 Å². The van der Waals surface area contributed by atoms with Crippen molar-refractivity contribution in [3.63, 3.8) is 0 Å². The average Bonchev–Trinajstić information content (AvgIpc) is 2.91. The zero-order valence-corrected chi connectivity index (χ0v) is 15.3. The lowest BCUT2D eigenvalue weighted by atomic mass is 10.1. The fraction of sp³-hybridized carbons (Fsp3) is 0.692. The normalized spacial score (nSPS) is 25.0. The topological polar surface area (TPSA) is 169 Å². The van der Waals surface area contributed by atoms with Crippen LogP contribution < -0.4 is 11.2 Å². The third-order valence-corrected chi connectivity index (χ3v) is 4.77. The Morgan fingerprint density at radius 1 is 1.58 bits per heavy atom. The van der Waals surface area contributed by atoms with E-state index in [0.717, 1.165) is 0 Å². The van der Waals surface area contributed by atoms with Crippen molar-refractivity contribution in [3.05, 3.63) is 43.0 Å². The lowest BCUT2D eigenvalue weighted by Crippen LogP contribution is -2.33. The molecule has 1 aliphatic heterocycles. The highest BCUT2D eigenvalue weighted by atomic mass is 31.2. The summed E-state index contributed by atoms with van der Waals surface area (Å²) in [5, 5.41) is 3.59. The van der Waals surface area contributed by atoms with Crippen LogP contribution >= 0.6 is 7.82 Å². The van der Waals surface area contributed by atoms with Crippen molar-refractivity contribution in [2.45, 2.75) is 51.7 Å². The fourth-order valence-corrected chi connectivity index (χ4v) is 3.42. The molecule has 1 saturated heterocycles. The molecule has 0 amide bonds. The van der Waals surface area contributed by atoms with Gasteiger partial charge in [-0.3, -0.25) is 23.4 Å². The highest BCUT2D eigenvalue weighted by Crippen LogP contribution is 2.45. The number of aromatic nitrogens is 2. The lowest BCUT2D eigenvalue weighted by Gasteiger charge is -2.19. The van der Waals surface area contributed by atoms with E-state index in [1.54, 1.807) is 13.8 Å². The van der Waals surface area contributed by atoms with Crippen LogP contribution in [0.5, 0.6) is 0 Å². The second-order valence-corrected chi connectivity index (χ2v) is 7.44. The quantitative estimate of drug-likeness (QED) is 0.307. The van der Waals surface area contributed by atoms with Crippen LogP contribution in [0.2, 0.25) is 0 Å². The van der Waals surface area contributed by atoms with Crippen LogP contribution in [0, 0.1) is 6.92 Å². The molecular weight excluding hydrogens is 369 g/mol. The van der Waals surface area contributed by atoms with Crippen LogP contribution in [0.3, 0.4) is 0 Å². The number of azide groups is 1. The summed E-state index contributed by atoms with van der Waals surface area (Å²) in [7, 11) is -4.29. The summed E-state index contributed by atoms with van der Waals surface area (Å²) in [6, 6.07) is -0.733. The van der Waals surface area contributed by atoms with Gasteiger partial charge in [-0.1, -0.05) is 5.11 Å². The first-order valence-corrected chi connectivity index (χ1v) is 9.30. The Morgan fingerprint density at radius 3 is 2.88 bits per heavy atom. The van der Waals surface area contributed by atoms with E-state index in [4.69, 9.17) is 19.3 Å². The Labute approximate surface area is 148 Å². The smallest absolute Gasteiger partial charge is 0.352 e. The first kappa shape index (κ1) is 20.4. The van der Waals surface area contributed by atoms with Gasteiger partial charge in [0, 0.05) is 23.1 Å². The summed E-state index contributed by atoms with van der Waals surface area (Å²) in [5.41, 5.74) is 7.82. The molecule has 4 atom stereocenters. The third kappa shape index (κ3) is 5.04. The second-order valence-electron chi connectivity index (χ2n) is 6.03. The predicted molar refractivity (Wildman–Crippen MR) is 89.5 cm³/mol. The number of H-pyrrole nitrogens is 1. The Bertz CT molecular complexity index is 859. The summed E-state index contributed by atoms with van der Waals surface area (Å²) in [4.78, 5) is 37.9. The lowest BCUT2D eigenvalue weighted by molar-refractivity contribution is -0.0295. The number of aryl methyl sites for hydroxylation is 1. The molecular formula is C13H20N5O7P. The van der Waals surface area contributed by atoms with Gasteiger partial charge in [0.15, 0.2) is 0 Å². The molecule has 0 spiro atoms. The Kier molecular flexibility index (Phi) is 6.40. The molecule has 13 heteroatoms. The van der Waals surface area contributed by atoms with Crippen LogP contribution in [-0.2, 0) is 18.3 Å². The van der Waals surface area contributed by atoms with E-state index in [1.165, 1.54) is 17.7 Å². The van der Waals surface area contributed by atoms with Crippen molar-refractivity contribution < 1.29 is 23.2 Å². The molecule has 0 saturated carbocycles. The molecule has 2 heterocycles. The number of nitrogens with zero attached hydrogens (tertiary/aromatic N) is 4. The molecule has 12 nitrogen and oxygen atoms in total. The molecule has 144 valence electrons. The molecule has 26 heavy (non-hydrogen) atoms. The fourth-order valence-electron chi connectivity index (χ4n) is 2.49. The van der Waals surface area contributed by atoms with Gasteiger partial charge in [-0.25, -0.2) is 9.36 Å². The van der Waals surface area contributed by atoms with E-state index in [0.29, 0.717) is 5.56 Å². The van der Waals surface area contributed by atoms with Gasteiger partial charge in [0.2, 0.25) is 0 Å². The Hall–Kier alpha value is -1.94. The number of hydrogen-bond donors (Lipinski definition) is 2. The van der Waals surface area contributed by atoms with Gasteiger partial charge >= 0.3 is 13.5 Å². The van der Waals surface area contributed by atoms with Crippen LogP contribution in [0.4, 0.5) is 0 Å². The largest absolute Gasteiger partial charge is 0.472 e. The molecule has 1 fully saturated rings. The van der Waals surface area contributed by atoms with Crippen molar-refractivity contribution >= 4 is 7.82 Å². The van der Waals surface area contributed by atoms with E-state index in [9.17, 15) is 19.0 Å². The minimum absolute atomic E-state index is 0.129. The van der Waals surface area contributed by atoms with Gasteiger partial charge in [-0.15, -0.1) is 0 Å².